The van der Waals surface area contributed by atoms with Crippen LogP contribution in [0, 0.1) is 0 Å². The number of benzene rings is 1. The van der Waals surface area contributed by atoms with Gasteiger partial charge in [0.25, 0.3) is 0 Å². The molecule has 1 aromatic heterocycles. The van der Waals surface area contributed by atoms with Crippen LogP contribution >= 0.6 is 0 Å². The summed E-state index contributed by atoms with van der Waals surface area (Å²) in [6.07, 6.45) is 7.77. The maximum absolute atomic E-state index is 4.03. The van der Waals surface area contributed by atoms with E-state index in [-0.39, 0.29) is 0 Å². The van der Waals surface area contributed by atoms with Crippen molar-refractivity contribution in [2.75, 3.05) is 18.4 Å². The van der Waals surface area contributed by atoms with Crippen LogP contribution in [0.5, 0.6) is 0 Å². The highest BCUT2D eigenvalue weighted by atomic mass is 15.1. The summed E-state index contributed by atoms with van der Waals surface area (Å²) >= 11 is 0. The van der Waals surface area contributed by atoms with Crippen molar-refractivity contribution in [3.8, 4) is 0 Å². The Hall–Kier alpha value is -1.87. The first-order valence-electron chi connectivity index (χ1n) is 7.84. The number of hydrogen-bond donors (Lipinski definition) is 1. The van der Waals surface area contributed by atoms with Crippen LogP contribution in [0.3, 0.4) is 0 Å². The lowest BCUT2D eigenvalue weighted by molar-refractivity contribution is 0.221. The molecule has 0 unspecified atom stereocenters. The molecule has 0 radical (unpaired) electrons. The Bertz CT molecular complexity index is 530. The second-order valence-corrected chi connectivity index (χ2v) is 5.74. The Kier molecular flexibility index (Phi) is 4.85. The molecule has 0 aliphatic carbocycles. The summed E-state index contributed by atoms with van der Waals surface area (Å²) in [5, 5.41) is 3.45. The molecule has 0 spiro atoms. The topological polar surface area (TPSA) is 28.2 Å². The van der Waals surface area contributed by atoms with Gasteiger partial charge in [-0.3, -0.25) is 9.88 Å². The Morgan fingerprint density at radius 2 is 1.57 bits per heavy atom. The SMILES string of the molecule is c1cc(CNc2ccc(CN3CCCCC3)cc2)ccn1. The van der Waals surface area contributed by atoms with Gasteiger partial charge in [0.1, 0.15) is 0 Å². The van der Waals surface area contributed by atoms with Crippen molar-refractivity contribution in [1.82, 2.24) is 9.88 Å². The van der Waals surface area contributed by atoms with Crippen molar-refractivity contribution in [3.05, 3.63) is 59.9 Å². The maximum atomic E-state index is 4.03. The van der Waals surface area contributed by atoms with Crippen LogP contribution in [0.2, 0.25) is 0 Å². The number of aromatic nitrogens is 1. The van der Waals surface area contributed by atoms with Crippen LogP contribution < -0.4 is 5.32 Å². The number of hydrogen-bond acceptors (Lipinski definition) is 3. The van der Waals surface area contributed by atoms with Crippen LogP contribution in [-0.4, -0.2) is 23.0 Å². The second-order valence-electron chi connectivity index (χ2n) is 5.74. The van der Waals surface area contributed by atoms with E-state index in [1.54, 1.807) is 0 Å². The van der Waals surface area contributed by atoms with Crippen molar-refractivity contribution in [3.63, 3.8) is 0 Å². The molecule has 1 aliphatic rings. The van der Waals surface area contributed by atoms with Gasteiger partial charge in [-0.05, 0) is 61.3 Å². The third-order valence-electron chi connectivity index (χ3n) is 4.05. The normalized spacial score (nSPS) is 15.8. The minimum atomic E-state index is 0.841. The summed E-state index contributed by atoms with van der Waals surface area (Å²) < 4.78 is 0. The molecule has 3 nitrogen and oxygen atoms in total. The molecule has 110 valence electrons. The van der Waals surface area contributed by atoms with Crippen LogP contribution in [0.15, 0.2) is 48.8 Å². The fraction of sp³-hybridized carbons (Fsp3) is 0.389. The summed E-state index contributed by atoms with van der Waals surface area (Å²) in [5.41, 5.74) is 3.84. The Balaban J connectivity index is 1.51. The molecule has 21 heavy (non-hydrogen) atoms. The van der Waals surface area contributed by atoms with Gasteiger partial charge in [0.15, 0.2) is 0 Å². The van der Waals surface area contributed by atoms with Crippen LogP contribution in [0.25, 0.3) is 0 Å². The standard InChI is InChI=1S/C18H23N3/c1-2-12-21(13-3-1)15-17-4-6-18(7-5-17)20-14-16-8-10-19-11-9-16/h4-11,20H,1-3,12-15H2. The van der Waals surface area contributed by atoms with Crippen molar-refractivity contribution in [2.24, 2.45) is 0 Å². The van der Waals surface area contributed by atoms with Gasteiger partial charge in [-0.1, -0.05) is 18.6 Å². The van der Waals surface area contributed by atoms with Gasteiger partial charge in [0.2, 0.25) is 0 Å². The number of piperidine rings is 1. The van der Waals surface area contributed by atoms with Crippen molar-refractivity contribution < 1.29 is 0 Å². The van der Waals surface area contributed by atoms with Crippen molar-refractivity contribution >= 4 is 5.69 Å². The van der Waals surface area contributed by atoms with Gasteiger partial charge >= 0.3 is 0 Å². The predicted molar refractivity (Wildman–Crippen MR) is 87.1 cm³/mol. The van der Waals surface area contributed by atoms with E-state index in [0.29, 0.717) is 0 Å². The predicted octanol–water partition coefficient (Wildman–Crippen LogP) is 3.68. The number of anilines is 1. The minimum absolute atomic E-state index is 0.841. The highest BCUT2D eigenvalue weighted by Gasteiger charge is 2.09. The summed E-state index contributed by atoms with van der Waals surface area (Å²) in [6, 6.07) is 12.9. The molecule has 1 N–H and O–H groups in total. The fourth-order valence-corrected chi connectivity index (χ4v) is 2.81. The van der Waals surface area contributed by atoms with E-state index < -0.39 is 0 Å². The minimum Gasteiger partial charge on any atom is -0.381 e. The monoisotopic (exact) mass is 281 g/mol. The Morgan fingerprint density at radius 1 is 0.857 bits per heavy atom. The summed E-state index contributed by atoms with van der Waals surface area (Å²) in [6.45, 7) is 4.43. The van der Waals surface area contributed by atoms with E-state index in [1.807, 2.05) is 24.5 Å². The van der Waals surface area contributed by atoms with Crippen molar-refractivity contribution in [1.29, 1.82) is 0 Å². The summed E-state index contributed by atoms with van der Waals surface area (Å²) in [5.74, 6) is 0. The lowest BCUT2D eigenvalue weighted by atomic mass is 10.1. The first-order valence-corrected chi connectivity index (χ1v) is 7.84. The Morgan fingerprint density at radius 3 is 2.29 bits per heavy atom. The molecule has 0 bridgehead atoms. The van der Waals surface area contributed by atoms with Gasteiger partial charge in [0.05, 0.1) is 0 Å². The average molecular weight is 281 g/mol. The fourth-order valence-electron chi connectivity index (χ4n) is 2.81. The van der Waals surface area contributed by atoms with Crippen LogP contribution in [0.1, 0.15) is 30.4 Å². The molecule has 1 fully saturated rings. The molecule has 1 aromatic carbocycles. The highest BCUT2D eigenvalue weighted by Crippen LogP contribution is 2.15. The number of pyridine rings is 1. The lowest BCUT2D eigenvalue weighted by Crippen LogP contribution is -2.29. The van der Waals surface area contributed by atoms with Gasteiger partial charge in [-0.2, -0.15) is 0 Å². The zero-order valence-electron chi connectivity index (χ0n) is 12.5. The molecule has 0 atom stereocenters. The summed E-state index contributed by atoms with van der Waals surface area (Å²) in [4.78, 5) is 6.59. The van der Waals surface area contributed by atoms with E-state index in [2.05, 4.69) is 39.5 Å². The van der Waals surface area contributed by atoms with Gasteiger partial charge < -0.3 is 5.32 Å². The molecular formula is C18H23N3. The van der Waals surface area contributed by atoms with E-state index in [1.165, 1.54) is 49.2 Å². The van der Waals surface area contributed by atoms with Gasteiger partial charge in [-0.25, -0.2) is 0 Å². The van der Waals surface area contributed by atoms with Gasteiger partial charge in [0, 0.05) is 31.2 Å². The van der Waals surface area contributed by atoms with Crippen LogP contribution in [0.4, 0.5) is 5.69 Å². The average Bonchev–Trinajstić information content (AvgIpc) is 2.56. The molecule has 2 heterocycles. The molecular weight excluding hydrogens is 258 g/mol. The highest BCUT2D eigenvalue weighted by molar-refractivity contribution is 5.45. The molecule has 1 saturated heterocycles. The number of nitrogens with one attached hydrogen (secondary N) is 1. The number of likely N-dealkylation sites (tertiary alicyclic amines) is 1. The zero-order chi connectivity index (χ0) is 14.3. The number of nitrogens with zero attached hydrogens (tertiary/aromatic N) is 2. The summed E-state index contributed by atoms with van der Waals surface area (Å²) in [7, 11) is 0. The van der Waals surface area contributed by atoms with Gasteiger partial charge in [-0.15, -0.1) is 0 Å². The largest absolute Gasteiger partial charge is 0.381 e. The van der Waals surface area contributed by atoms with Crippen molar-refractivity contribution in [2.45, 2.75) is 32.4 Å². The first kappa shape index (κ1) is 14.1. The van der Waals surface area contributed by atoms with E-state index in [0.717, 1.165) is 13.1 Å². The first-order chi connectivity index (χ1) is 10.4. The van der Waals surface area contributed by atoms with Crippen LogP contribution in [-0.2, 0) is 13.1 Å². The third kappa shape index (κ3) is 4.30. The molecule has 1 aliphatic heterocycles. The molecule has 3 heteroatoms. The maximum Gasteiger partial charge on any atom is 0.0401 e. The van der Waals surface area contributed by atoms with E-state index in [4.69, 9.17) is 0 Å². The quantitative estimate of drug-likeness (QED) is 0.906. The molecule has 0 amide bonds. The lowest BCUT2D eigenvalue weighted by Gasteiger charge is -2.26. The zero-order valence-corrected chi connectivity index (χ0v) is 12.5. The third-order valence-corrected chi connectivity index (χ3v) is 4.05. The second kappa shape index (κ2) is 7.23. The molecule has 2 aromatic rings. The van der Waals surface area contributed by atoms with E-state index >= 15 is 0 Å². The Labute approximate surface area is 127 Å². The van der Waals surface area contributed by atoms with E-state index in [9.17, 15) is 0 Å². The number of rotatable bonds is 5. The smallest absolute Gasteiger partial charge is 0.0401 e. The molecule has 3 rings (SSSR count). The molecule has 0 saturated carbocycles.